The first kappa shape index (κ1) is 12.5. The molecule has 0 bridgehead atoms. The molecular formula is C10H18N4O2. The van der Waals surface area contributed by atoms with Gasteiger partial charge in [-0.1, -0.05) is 0 Å². The van der Waals surface area contributed by atoms with Crippen molar-refractivity contribution in [3.05, 3.63) is 6.07 Å². The largest absolute Gasteiger partial charge is 0.481 e. The third-order valence-electron chi connectivity index (χ3n) is 2.12. The lowest BCUT2D eigenvalue weighted by molar-refractivity contribution is 0.282. The van der Waals surface area contributed by atoms with Gasteiger partial charge >= 0.3 is 0 Å². The number of hydrogen-bond donors (Lipinski definition) is 3. The third-order valence-corrected chi connectivity index (χ3v) is 2.12. The van der Waals surface area contributed by atoms with Gasteiger partial charge in [-0.25, -0.2) is 0 Å². The van der Waals surface area contributed by atoms with E-state index in [-0.39, 0.29) is 18.6 Å². The summed E-state index contributed by atoms with van der Waals surface area (Å²) in [5, 5.41) is 11.9. The van der Waals surface area contributed by atoms with Crippen LogP contribution in [-0.2, 0) is 0 Å². The van der Waals surface area contributed by atoms with E-state index in [9.17, 15) is 0 Å². The molecule has 1 atom stereocenters. The summed E-state index contributed by atoms with van der Waals surface area (Å²) in [6, 6.07) is 1.90. The van der Waals surface area contributed by atoms with E-state index < -0.39 is 0 Å². The maximum atomic E-state index is 8.71. The Labute approximate surface area is 94.9 Å². The average molecular weight is 226 g/mol. The molecule has 4 N–H and O–H groups in total. The minimum absolute atomic E-state index is 0.177. The molecule has 0 aliphatic rings. The Morgan fingerprint density at radius 2 is 2.31 bits per heavy atom. The van der Waals surface area contributed by atoms with Gasteiger partial charge in [-0.3, -0.25) is 0 Å². The monoisotopic (exact) mass is 226 g/mol. The number of aliphatic hydroxyl groups is 1. The van der Waals surface area contributed by atoms with Crippen molar-refractivity contribution in [2.75, 3.05) is 24.8 Å². The van der Waals surface area contributed by atoms with Gasteiger partial charge in [0.15, 0.2) is 0 Å². The topological polar surface area (TPSA) is 93.3 Å². The molecule has 0 aliphatic heterocycles. The van der Waals surface area contributed by atoms with Crippen LogP contribution in [0.25, 0.3) is 0 Å². The first-order valence-corrected chi connectivity index (χ1v) is 5.21. The van der Waals surface area contributed by atoms with Crippen molar-refractivity contribution in [1.82, 2.24) is 9.97 Å². The lowest BCUT2D eigenvalue weighted by atomic mass is 10.2. The number of nitrogens with zero attached hydrogens (tertiary/aromatic N) is 2. The molecular weight excluding hydrogens is 208 g/mol. The zero-order chi connectivity index (χ0) is 12.0. The van der Waals surface area contributed by atoms with Crippen LogP contribution >= 0.6 is 0 Å². The second kappa shape index (κ2) is 6.12. The summed E-state index contributed by atoms with van der Waals surface area (Å²) in [7, 11) is 1.53. The summed E-state index contributed by atoms with van der Waals surface area (Å²) >= 11 is 0. The van der Waals surface area contributed by atoms with Gasteiger partial charge in [0.1, 0.15) is 5.82 Å². The van der Waals surface area contributed by atoms with E-state index in [4.69, 9.17) is 15.6 Å². The predicted molar refractivity (Wildman–Crippen MR) is 62.4 cm³/mol. The van der Waals surface area contributed by atoms with Crippen LogP contribution in [0.2, 0.25) is 0 Å². The highest BCUT2D eigenvalue weighted by atomic mass is 16.5. The van der Waals surface area contributed by atoms with Crippen molar-refractivity contribution < 1.29 is 9.84 Å². The molecule has 16 heavy (non-hydrogen) atoms. The number of nitrogens with two attached hydrogens (primary N) is 1. The van der Waals surface area contributed by atoms with E-state index in [0.717, 1.165) is 12.8 Å². The Kier molecular flexibility index (Phi) is 4.78. The van der Waals surface area contributed by atoms with Crippen LogP contribution in [0.5, 0.6) is 5.88 Å². The third kappa shape index (κ3) is 3.90. The van der Waals surface area contributed by atoms with Gasteiger partial charge in [0, 0.05) is 18.7 Å². The number of aromatic nitrogens is 2. The maximum absolute atomic E-state index is 8.71. The number of nitrogen functional groups attached to an aromatic ring is 1. The van der Waals surface area contributed by atoms with Gasteiger partial charge in [0.25, 0.3) is 0 Å². The molecule has 1 rings (SSSR count). The smallest absolute Gasteiger partial charge is 0.225 e. The van der Waals surface area contributed by atoms with Crippen molar-refractivity contribution in [2.45, 2.75) is 25.8 Å². The van der Waals surface area contributed by atoms with Crippen LogP contribution in [0.15, 0.2) is 6.07 Å². The molecule has 0 radical (unpaired) electrons. The highest BCUT2D eigenvalue weighted by Crippen LogP contribution is 2.15. The standard InChI is InChI=1S/C10H18N4O2/c1-7(4-3-5-15)12-8-6-9(16-2)14-10(11)13-8/h6-7,15H,3-5H2,1-2H3,(H3,11,12,13,14). The first-order chi connectivity index (χ1) is 7.65. The Morgan fingerprint density at radius 3 is 2.94 bits per heavy atom. The van der Waals surface area contributed by atoms with Gasteiger partial charge in [0.2, 0.25) is 11.8 Å². The van der Waals surface area contributed by atoms with E-state index in [2.05, 4.69) is 15.3 Å². The van der Waals surface area contributed by atoms with Crippen LogP contribution in [0, 0.1) is 0 Å². The molecule has 1 aromatic heterocycles. The molecule has 90 valence electrons. The first-order valence-electron chi connectivity index (χ1n) is 5.21. The second-order valence-electron chi connectivity index (χ2n) is 3.56. The summed E-state index contributed by atoms with van der Waals surface area (Å²) in [6.45, 7) is 2.21. The fraction of sp³-hybridized carbons (Fsp3) is 0.600. The second-order valence-corrected chi connectivity index (χ2v) is 3.56. The lowest BCUT2D eigenvalue weighted by Crippen LogP contribution is -2.17. The molecule has 0 spiro atoms. The van der Waals surface area contributed by atoms with E-state index in [1.807, 2.05) is 6.92 Å². The van der Waals surface area contributed by atoms with Gasteiger partial charge in [-0.2, -0.15) is 9.97 Å². The predicted octanol–water partition coefficient (Wildman–Crippen LogP) is 0.640. The van der Waals surface area contributed by atoms with Crippen LogP contribution in [-0.4, -0.2) is 34.8 Å². The highest BCUT2D eigenvalue weighted by molar-refractivity contribution is 5.43. The van der Waals surface area contributed by atoms with Crippen molar-refractivity contribution in [1.29, 1.82) is 0 Å². The molecule has 0 saturated heterocycles. The zero-order valence-corrected chi connectivity index (χ0v) is 9.60. The average Bonchev–Trinajstić information content (AvgIpc) is 2.25. The molecule has 0 aliphatic carbocycles. The molecule has 6 nitrogen and oxygen atoms in total. The summed E-state index contributed by atoms with van der Waals surface area (Å²) in [5.41, 5.74) is 5.53. The number of aliphatic hydroxyl groups excluding tert-OH is 1. The van der Waals surface area contributed by atoms with Gasteiger partial charge in [-0.15, -0.1) is 0 Å². The minimum Gasteiger partial charge on any atom is -0.481 e. The number of nitrogens with one attached hydrogen (secondary N) is 1. The van der Waals surface area contributed by atoms with Crippen LogP contribution in [0.4, 0.5) is 11.8 Å². The van der Waals surface area contributed by atoms with Gasteiger partial charge in [-0.05, 0) is 19.8 Å². The highest BCUT2D eigenvalue weighted by Gasteiger charge is 2.06. The maximum Gasteiger partial charge on any atom is 0.225 e. The van der Waals surface area contributed by atoms with Crippen molar-refractivity contribution >= 4 is 11.8 Å². The number of ether oxygens (including phenoxy) is 1. The molecule has 0 fully saturated rings. The number of anilines is 2. The lowest BCUT2D eigenvalue weighted by Gasteiger charge is -2.14. The molecule has 0 amide bonds. The summed E-state index contributed by atoms with van der Waals surface area (Å²) < 4.78 is 4.99. The van der Waals surface area contributed by atoms with Crippen molar-refractivity contribution in [3.63, 3.8) is 0 Å². The van der Waals surface area contributed by atoms with Crippen LogP contribution < -0.4 is 15.8 Å². The van der Waals surface area contributed by atoms with Crippen molar-refractivity contribution in [3.8, 4) is 5.88 Å². The number of methoxy groups -OCH3 is 1. The van der Waals surface area contributed by atoms with E-state index in [0.29, 0.717) is 11.7 Å². The normalized spacial score (nSPS) is 12.2. The Bertz CT molecular complexity index is 333. The van der Waals surface area contributed by atoms with Gasteiger partial charge in [0.05, 0.1) is 7.11 Å². The summed E-state index contributed by atoms with van der Waals surface area (Å²) in [6.07, 6.45) is 1.62. The molecule has 1 unspecified atom stereocenters. The van der Waals surface area contributed by atoms with E-state index in [1.54, 1.807) is 6.07 Å². The van der Waals surface area contributed by atoms with Crippen LogP contribution in [0.1, 0.15) is 19.8 Å². The number of hydrogen-bond acceptors (Lipinski definition) is 6. The fourth-order valence-corrected chi connectivity index (χ4v) is 1.34. The Balaban J connectivity index is 2.61. The Hall–Kier alpha value is -1.56. The van der Waals surface area contributed by atoms with E-state index in [1.165, 1.54) is 7.11 Å². The number of rotatable bonds is 6. The summed E-state index contributed by atoms with van der Waals surface area (Å²) in [4.78, 5) is 7.93. The molecule has 1 aromatic rings. The van der Waals surface area contributed by atoms with Gasteiger partial charge < -0.3 is 20.9 Å². The zero-order valence-electron chi connectivity index (χ0n) is 9.60. The minimum atomic E-state index is 0.177. The molecule has 0 aromatic carbocycles. The van der Waals surface area contributed by atoms with Crippen LogP contribution in [0.3, 0.4) is 0 Å². The molecule has 6 heteroatoms. The van der Waals surface area contributed by atoms with E-state index >= 15 is 0 Å². The molecule has 0 saturated carbocycles. The Morgan fingerprint density at radius 1 is 1.56 bits per heavy atom. The fourth-order valence-electron chi connectivity index (χ4n) is 1.34. The summed E-state index contributed by atoms with van der Waals surface area (Å²) in [5.74, 6) is 1.25. The SMILES string of the molecule is COc1cc(NC(C)CCCO)nc(N)n1. The quantitative estimate of drug-likeness (QED) is 0.659. The molecule has 1 heterocycles. The van der Waals surface area contributed by atoms with Crippen molar-refractivity contribution in [2.24, 2.45) is 0 Å².